The van der Waals surface area contributed by atoms with E-state index in [-0.39, 0.29) is 0 Å². The molecule has 20 heavy (non-hydrogen) atoms. The zero-order valence-corrected chi connectivity index (χ0v) is 12.1. The summed E-state index contributed by atoms with van der Waals surface area (Å²) in [7, 11) is 0. The van der Waals surface area contributed by atoms with Crippen LogP contribution in [-0.4, -0.2) is 23.0 Å². The third-order valence-corrected chi connectivity index (χ3v) is 3.34. The smallest absolute Gasteiger partial charge is 0.0317 e. The minimum Gasteiger partial charge on any atom is -0.399 e. The van der Waals surface area contributed by atoms with Gasteiger partial charge >= 0.3 is 0 Å². The first-order chi connectivity index (χ1) is 9.78. The molecule has 0 aliphatic carbocycles. The highest BCUT2D eigenvalue weighted by molar-refractivity contribution is 5.40. The van der Waals surface area contributed by atoms with Gasteiger partial charge in [-0.1, -0.05) is 25.1 Å². The molecule has 1 aromatic carbocycles. The standard InChI is InChI=1S/C17H23N3/c1-2-10-20(11-8-15-6-4-9-19-13-15)14-16-5-3-7-17(18)12-16/h3-7,9,12-13H,2,8,10-11,14,18H2,1H3. The van der Waals surface area contributed by atoms with Crippen LogP contribution in [0.1, 0.15) is 24.5 Å². The summed E-state index contributed by atoms with van der Waals surface area (Å²) in [5.74, 6) is 0. The van der Waals surface area contributed by atoms with E-state index in [4.69, 9.17) is 5.73 Å². The minimum atomic E-state index is 0.839. The normalized spacial score (nSPS) is 10.9. The number of nitrogen functional groups attached to an aromatic ring is 1. The molecule has 0 unspecified atom stereocenters. The largest absolute Gasteiger partial charge is 0.399 e. The van der Waals surface area contributed by atoms with Crippen LogP contribution >= 0.6 is 0 Å². The van der Waals surface area contributed by atoms with Crippen LogP contribution in [0.4, 0.5) is 5.69 Å². The Morgan fingerprint density at radius 3 is 2.65 bits per heavy atom. The topological polar surface area (TPSA) is 42.2 Å². The van der Waals surface area contributed by atoms with E-state index in [1.54, 1.807) is 0 Å². The minimum absolute atomic E-state index is 0.839. The van der Waals surface area contributed by atoms with Crippen molar-refractivity contribution in [2.45, 2.75) is 26.3 Å². The lowest BCUT2D eigenvalue weighted by Gasteiger charge is -2.22. The first-order valence-electron chi connectivity index (χ1n) is 7.23. The van der Waals surface area contributed by atoms with Crippen LogP contribution in [0.3, 0.4) is 0 Å². The molecule has 2 rings (SSSR count). The summed E-state index contributed by atoms with van der Waals surface area (Å²) in [5, 5.41) is 0. The van der Waals surface area contributed by atoms with Crippen LogP contribution in [0.5, 0.6) is 0 Å². The van der Waals surface area contributed by atoms with Gasteiger partial charge in [0.25, 0.3) is 0 Å². The van der Waals surface area contributed by atoms with Gasteiger partial charge in [0.05, 0.1) is 0 Å². The second-order valence-electron chi connectivity index (χ2n) is 5.13. The molecule has 0 amide bonds. The Hall–Kier alpha value is -1.87. The number of hydrogen-bond acceptors (Lipinski definition) is 3. The number of pyridine rings is 1. The molecule has 0 aliphatic heterocycles. The van der Waals surface area contributed by atoms with Gasteiger partial charge in [-0.3, -0.25) is 9.88 Å². The van der Waals surface area contributed by atoms with Gasteiger partial charge in [0.2, 0.25) is 0 Å². The van der Waals surface area contributed by atoms with Crippen molar-refractivity contribution in [2.24, 2.45) is 0 Å². The second kappa shape index (κ2) is 7.65. The number of nitrogens with two attached hydrogens (primary N) is 1. The van der Waals surface area contributed by atoms with E-state index in [1.807, 2.05) is 30.6 Å². The van der Waals surface area contributed by atoms with Crippen molar-refractivity contribution < 1.29 is 0 Å². The molecule has 0 saturated carbocycles. The quantitative estimate of drug-likeness (QED) is 0.785. The zero-order valence-electron chi connectivity index (χ0n) is 12.1. The Balaban J connectivity index is 1.93. The van der Waals surface area contributed by atoms with E-state index < -0.39 is 0 Å². The van der Waals surface area contributed by atoms with E-state index in [0.29, 0.717) is 0 Å². The van der Waals surface area contributed by atoms with Crippen molar-refractivity contribution >= 4 is 5.69 Å². The molecule has 1 heterocycles. The van der Waals surface area contributed by atoms with Gasteiger partial charge in [-0.05, 0) is 48.7 Å². The summed E-state index contributed by atoms with van der Waals surface area (Å²) in [5.41, 5.74) is 9.26. The maximum absolute atomic E-state index is 5.85. The average molecular weight is 269 g/mol. The van der Waals surface area contributed by atoms with Gasteiger partial charge in [0.1, 0.15) is 0 Å². The fourth-order valence-electron chi connectivity index (χ4n) is 2.37. The lowest BCUT2D eigenvalue weighted by Crippen LogP contribution is -2.26. The highest BCUT2D eigenvalue weighted by atomic mass is 15.1. The number of nitrogens with zero attached hydrogens (tertiary/aromatic N) is 2. The Labute approximate surface area is 121 Å². The van der Waals surface area contributed by atoms with Crippen LogP contribution in [0.2, 0.25) is 0 Å². The number of benzene rings is 1. The van der Waals surface area contributed by atoms with Crippen LogP contribution in [0, 0.1) is 0 Å². The summed E-state index contributed by atoms with van der Waals surface area (Å²) in [4.78, 5) is 6.64. The lowest BCUT2D eigenvalue weighted by molar-refractivity contribution is 0.269. The molecule has 0 saturated heterocycles. The maximum Gasteiger partial charge on any atom is 0.0317 e. The van der Waals surface area contributed by atoms with Crippen molar-refractivity contribution in [2.75, 3.05) is 18.8 Å². The molecule has 2 aromatic rings. The van der Waals surface area contributed by atoms with Crippen molar-refractivity contribution in [3.63, 3.8) is 0 Å². The van der Waals surface area contributed by atoms with Crippen molar-refractivity contribution in [1.82, 2.24) is 9.88 Å². The van der Waals surface area contributed by atoms with Gasteiger partial charge in [0, 0.05) is 31.2 Å². The van der Waals surface area contributed by atoms with Crippen molar-refractivity contribution in [1.29, 1.82) is 0 Å². The average Bonchev–Trinajstić information content (AvgIpc) is 2.46. The van der Waals surface area contributed by atoms with Gasteiger partial charge in [-0.25, -0.2) is 0 Å². The zero-order chi connectivity index (χ0) is 14.2. The number of hydrogen-bond donors (Lipinski definition) is 1. The van der Waals surface area contributed by atoms with Crippen molar-refractivity contribution in [3.05, 3.63) is 59.9 Å². The third-order valence-electron chi connectivity index (χ3n) is 3.34. The SMILES string of the molecule is CCCN(CCc1cccnc1)Cc1cccc(N)c1. The summed E-state index contributed by atoms with van der Waals surface area (Å²) >= 11 is 0. The maximum atomic E-state index is 5.85. The van der Waals surface area contributed by atoms with Gasteiger partial charge in [0.15, 0.2) is 0 Å². The van der Waals surface area contributed by atoms with Crippen LogP contribution in [-0.2, 0) is 13.0 Å². The molecule has 1 aromatic heterocycles. The molecule has 0 atom stereocenters. The highest BCUT2D eigenvalue weighted by Gasteiger charge is 2.06. The van der Waals surface area contributed by atoms with Crippen molar-refractivity contribution in [3.8, 4) is 0 Å². The second-order valence-corrected chi connectivity index (χ2v) is 5.13. The summed E-state index contributed by atoms with van der Waals surface area (Å²) in [6.07, 6.45) is 5.97. The van der Waals surface area contributed by atoms with Gasteiger partial charge in [-0.2, -0.15) is 0 Å². The fourth-order valence-corrected chi connectivity index (χ4v) is 2.37. The van der Waals surface area contributed by atoms with E-state index in [0.717, 1.165) is 38.2 Å². The molecule has 106 valence electrons. The molecule has 0 fully saturated rings. The Morgan fingerprint density at radius 1 is 1.10 bits per heavy atom. The molecule has 2 N–H and O–H groups in total. The first kappa shape index (κ1) is 14.5. The number of aromatic nitrogens is 1. The van der Waals surface area contributed by atoms with Gasteiger partial charge in [-0.15, -0.1) is 0 Å². The lowest BCUT2D eigenvalue weighted by atomic mass is 10.1. The summed E-state index contributed by atoms with van der Waals surface area (Å²) in [6, 6.07) is 12.3. The van der Waals surface area contributed by atoms with E-state index in [2.05, 4.69) is 35.0 Å². The Morgan fingerprint density at radius 2 is 1.95 bits per heavy atom. The molecule has 0 spiro atoms. The van der Waals surface area contributed by atoms with E-state index in [1.165, 1.54) is 11.1 Å². The van der Waals surface area contributed by atoms with E-state index >= 15 is 0 Å². The molecule has 0 radical (unpaired) electrons. The molecule has 3 heteroatoms. The molecular weight excluding hydrogens is 246 g/mol. The molecule has 3 nitrogen and oxygen atoms in total. The first-order valence-corrected chi connectivity index (χ1v) is 7.23. The Kier molecular flexibility index (Phi) is 5.56. The molecule has 0 aliphatic rings. The monoisotopic (exact) mass is 269 g/mol. The van der Waals surface area contributed by atoms with E-state index in [9.17, 15) is 0 Å². The fraction of sp³-hybridized carbons (Fsp3) is 0.353. The van der Waals surface area contributed by atoms with Gasteiger partial charge < -0.3 is 5.73 Å². The number of rotatable bonds is 7. The summed E-state index contributed by atoms with van der Waals surface area (Å²) < 4.78 is 0. The Bertz CT molecular complexity index is 511. The molecular formula is C17H23N3. The third kappa shape index (κ3) is 4.67. The highest BCUT2D eigenvalue weighted by Crippen LogP contribution is 2.11. The summed E-state index contributed by atoms with van der Waals surface area (Å²) in [6.45, 7) is 5.33. The molecule has 0 bridgehead atoms. The van der Waals surface area contributed by atoms with Crippen LogP contribution in [0.15, 0.2) is 48.8 Å². The predicted molar refractivity (Wildman–Crippen MR) is 84.4 cm³/mol. The predicted octanol–water partition coefficient (Wildman–Crippen LogP) is 3.12. The van der Waals surface area contributed by atoms with Crippen LogP contribution < -0.4 is 5.73 Å². The number of anilines is 1. The van der Waals surface area contributed by atoms with Crippen LogP contribution in [0.25, 0.3) is 0 Å².